The van der Waals surface area contributed by atoms with Gasteiger partial charge in [0.1, 0.15) is 0 Å². The van der Waals surface area contributed by atoms with E-state index >= 15 is 0 Å². The van der Waals surface area contributed by atoms with E-state index in [4.69, 9.17) is 0 Å². The molecule has 1 aromatic rings. The van der Waals surface area contributed by atoms with E-state index in [-0.39, 0.29) is 0 Å². The number of aliphatic hydroxyl groups is 1. The van der Waals surface area contributed by atoms with Gasteiger partial charge in [-0.05, 0) is 31.7 Å². The van der Waals surface area contributed by atoms with E-state index in [0.29, 0.717) is 6.54 Å². The van der Waals surface area contributed by atoms with Crippen LogP contribution in [-0.4, -0.2) is 18.7 Å². The predicted octanol–water partition coefficient (Wildman–Crippen LogP) is 1.88. The molecule has 0 aromatic heterocycles. The maximum absolute atomic E-state index is 10.00. The first-order valence-corrected chi connectivity index (χ1v) is 4.98. The van der Waals surface area contributed by atoms with E-state index in [1.165, 1.54) is 0 Å². The van der Waals surface area contributed by atoms with Crippen molar-refractivity contribution in [1.29, 1.82) is 0 Å². The van der Waals surface area contributed by atoms with Crippen LogP contribution in [0.25, 0.3) is 0 Å². The number of nitrogens with one attached hydrogen (secondary N) is 1. The number of hydrogen-bond acceptors (Lipinski definition) is 2. The van der Waals surface area contributed by atoms with Crippen LogP contribution >= 0.6 is 15.9 Å². The van der Waals surface area contributed by atoms with Crippen LogP contribution in [0.3, 0.4) is 0 Å². The standard InChI is InChI=1S/C10H14BrNO/c1-10(13,7-12-2)8-3-5-9(11)6-4-8/h3-6,12-13H,7H2,1-2H3. The van der Waals surface area contributed by atoms with Crippen LogP contribution in [0, 0.1) is 0 Å². The molecule has 0 radical (unpaired) electrons. The van der Waals surface area contributed by atoms with Crippen molar-refractivity contribution in [3.8, 4) is 0 Å². The van der Waals surface area contributed by atoms with Crippen molar-refractivity contribution < 1.29 is 5.11 Å². The Morgan fingerprint density at radius 2 is 1.92 bits per heavy atom. The largest absolute Gasteiger partial charge is 0.384 e. The molecule has 0 spiro atoms. The van der Waals surface area contributed by atoms with Gasteiger partial charge in [0.15, 0.2) is 0 Å². The third kappa shape index (κ3) is 2.79. The van der Waals surface area contributed by atoms with E-state index < -0.39 is 5.60 Å². The number of rotatable bonds is 3. The van der Waals surface area contributed by atoms with Gasteiger partial charge < -0.3 is 10.4 Å². The van der Waals surface area contributed by atoms with E-state index in [9.17, 15) is 5.11 Å². The summed E-state index contributed by atoms with van der Waals surface area (Å²) in [5.41, 5.74) is 0.125. The molecule has 0 heterocycles. The lowest BCUT2D eigenvalue weighted by atomic mass is 9.96. The Labute approximate surface area is 87.1 Å². The predicted molar refractivity (Wildman–Crippen MR) is 57.6 cm³/mol. The zero-order valence-electron chi connectivity index (χ0n) is 7.84. The molecule has 1 unspecified atom stereocenters. The minimum Gasteiger partial charge on any atom is -0.384 e. The van der Waals surface area contributed by atoms with Crippen molar-refractivity contribution in [3.63, 3.8) is 0 Å². The summed E-state index contributed by atoms with van der Waals surface area (Å²) in [6.07, 6.45) is 0. The molecule has 0 saturated carbocycles. The van der Waals surface area contributed by atoms with Crippen LogP contribution < -0.4 is 5.32 Å². The highest BCUT2D eigenvalue weighted by molar-refractivity contribution is 9.10. The first-order valence-electron chi connectivity index (χ1n) is 4.19. The topological polar surface area (TPSA) is 32.3 Å². The monoisotopic (exact) mass is 243 g/mol. The number of halogens is 1. The zero-order chi connectivity index (χ0) is 9.90. The molecule has 1 rings (SSSR count). The van der Waals surface area contributed by atoms with E-state index in [1.807, 2.05) is 31.3 Å². The molecule has 0 aliphatic carbocycles. The minimum absolute atomic E-state index is 0.550. The molecule has 1 aromatic carbocycles. The highest BCUT2D eigenvalue weighted by Gasteiger charge is 2.21. The third-order valence-corrected chi connectivity index (χ3v) is 2.52. The van der Waals surface area contributed by atoms with Crippen molar-refractivity contribution in [2.45, 2.75) is 12.5 Å². The molecular weight excluding hydrogens is 230 g/mol. The molecule has 13 heavy (non-hydrogen) atoms. The molecule has 0 bridgehead atoms. The first kappa shape index (κ1) is 10.7. The Hall–Kier alpha value is -0.380. The fourth-order valence-corrected chi connectivity index (χ4v) is 1.52. The lowest BCUT2D eigenvalue weighted by molar-refractivity contribution is 0.0591. The van der Waals surface area contributed by atoms with Gasteiger partial charge in [-0.1, -0.05) is 28.1 Å². The highest BCUT2D eigenvalue weighted by atomic mass is 79.9. The molecule has 72 valence electrons. The second-order valence-electron chi connectivity index (χ2n) is 3.31. The molecule has 0 aliphatic rings. The number of hydrogen-bond donors (Lipinski definition) is 2. The lowest BCUT2D eigenvalue weighted by Crippen LogP contribution is -2.33. The van der Waals surface area contributed by atoms with E-state index in [2.05, 4.69) is 21.2 Å². The molecule has 2 nitrogen and oxygen atoms in total. The Bertz CT molecular complexity index is 269. The van der Waals surface area contributed by atoms with Crippen LogP contribution in [0.1, 0.15) is 12.5 Å². The van der Waals surface area contributed by atoms with Crippen molar-refractivity contribution in [3.05, 3.63) is 34.3 Å². The number of likely N-dealkylation sites (N-methyl/N-ethyl adjacent to an activating group) is 1. The maximum Gasteiger partial charge on any atom is 0.0992 e. The average molecular weight is 244 g/mol. The smallest absolute Gasteiger partial charge is 0.0992 e. The molecular formula is C10H14BrNO. The Morgan fingerprint density at radius 1 is 1.38 bits per heavy atom. The van der Waals surface area contributed by atoms with Gasteiger partial charge in [-0.25, -0.2) is 0 Å². The zero-order valence-corrected chi connectivity index (χ0v) is 9.43. The number of benzene rings is 1. The molecule has 1 atom stereocenters. The molecule has 3 heteroatoms. The quantitative estimate of drug-likeness (QED) is 0.850. The van der Waals surface area contributed by atoms with E-state index in [0.717, 1.165) is 10.0 Å². The van der Waals surface area contributed by atoms with Crippen molar-refractivity contribution in [2.24, 2.45) is 0 Å². The van der Waals surface area contributed by atoms with Crippen molar-refractivity contribution in [2.75, 3.05) is 13.6 Å². The van der Waals surface area contributed by atoms with Crippen LogP contribution in [-0.2, 0) is 5.60 Å². The van der Waals surface area contributed by atoms with Crippen LogP contribution in [0.2, 0.25) is 0 Å². The van der Waals surface area contributed by atoms with Crippen LogP contribution in [0.4, 0.5) is 0 Å². The summed E-state index contributed by atoms with van der Waals surface area (Å²) in [6, 6.07) is 7.70. The summed E-state index contributed by atoms with van der Waals surface area (Å²) in [4.78, 5) is 0. The second-order valence-corrected chi connectivity index (χ2v) is 4.23. The molecule has 0 aliphatic heterocycles. The van der Waals surface area contributed by atoms with Gasteiger partial charge in [-0.15, -0.1) is 0 Å². The van der Waals surface area contributed by atoms with Crippen molar-refractivity contribution in [1.82, 2.24) is 5.32 Å². The van der Waals surface area contributed by atoms with E-state index in [1.54, 1.807) is 6.92 Å². The first-order chi connectivity index (χ1) is 6.06. The molecule has 0 fully saturated rings. The average Bonchev–Trinajstić information content (AvgIpc) is 2.05. The Kier molecular flexibility index (Phi) is 3.47. The maximum atomic E-state index is 10.00. The SMILES string of the molecule is CNCC(C)(O)c1ccc(Br)cc1. The minimum atomic E-state index is -0.796. The molecule has 2 N–H and O–H groups in total. The van der Waals surface area contributed by atoms with Crippen LogP contribution in [0.5, 0.6) is 0 Å². The third-order valence-electron chi connectivity index (χ3n) is 1.99. The van der Waals surface area contributed by atoms with Gasteiger partial charge >= 0.3 is 0 Å². The summed E-state index contributed by atoms with van der Waals surface area (Å²) < 4.78 is 1.02. The summed E-state index contributed by atoms with van der Waals surface area (Å²) in [7, 11) is 1.83. The van der Waals surface area contributed by atoms with Gasteiger partial charge in [0, 0.05) is 11.0 Å². The lowest BCUT2D eigenvalue weighted by Gasteiger charge is -2.23. The fraction of sp³-hybridized carbons (Fsp3) is 0.400. The van der Waals surface area contributed by atoms with Gasteiger partial charge in [-0.3, -0.25) is 0 Å². The fourth-order valence-electron chi connectivity index (χ4n) is 1.26. The summed E-state index contributed by atoms with van der Waals surface area (Å²) >= 11 is 3.35. The Balaban J connectivity index is 2.87. The van der Waals surface area contributed by atoms with Gasteiger partial charge in [0.05, 0.1) is 5.60 Å². The molecule has 0 amide bonds. The second kappa shape index (κ2) is 4.22. The van der Waals surface area contributed by atoms with Gasteiger partial charge in [0.25, 0.3) is 0 Å². The summed E-state index contributed by atoms with van der Waals surface area (Å²) in [6.45, 7) is 2.35. The van der Waals surface area contributed by atoms with Gasteiger partial charge in [0.2, 0.25) is 0 Å². The van der Waals surface area contributed by atoms with Crippen molar-refractivity contribution >= 4 is 15.9 Å². The molecule has 0 saturated heterocycles. The van der Waals surface area contributed by atoms with Crippen LogP contribution in [0.15, 0.2) is 28.7 Å². The highest BCUT2D eigenvalue weighted by Crippen LogP contribution is 2.21. The summed E-state index contributed by atoms with van der Waals surface area (Å²) in [5.74, 6) is 0. The summed E-state index contributed by atoms with van der Waals surface area (Å²) in [5, 5.41) is 13.0. The normalized spacial score (nSPS) is 15.4. The Morgan fingerprint density at radius 3 is 2.38 bits per heavy atom. The van der Waals surface area contributed by atoms with Gasteiger partial charge in [-0.2, -0.15) is 0 Å².